The van der Waals surface area contributed by atoms with Gasteiger partial charge in [0.1, 0.15) is 0 Å². The van der Waals surface area contributed by atoms with Crippen molar-refractivity contribution >= 4 is 27.3 Å². The van der Waals surface area contributed by atoms with Gasteiger partial charge in [0.05, 0.1) is 6.10 Å². The first-order valence-electron chi connectivity index (χ1n) is 7.31. The minimum Gasteiger partial charge on any atom is -0.378 e. The number of rotatable bonds is 6. The summed E-state index contributed by atoms with van der Waals surface area (Å²) >= 11 is 5.52. The third kappa shape index (κ3) is 4.55. The van der Waals surface area contributed by atoms with Crippen LogP contribution in [-0.2, 0) is 4.74 Å². The van der Waals surface area contributed by atoms with Gasteiger partial charge in [-0.25, -0.2) is 0 Å². The van der Waals surface area contributed by atoms with Gasteiger partial charge in [-0.3, -0.25) is 0 Å². The second-order valence-corrected chi connectivity index (χ2v) is 7.37. The first kappa shape index (κ1) is 15.5. The van der Waals surface area contributed by atoms with Gasteiger partial charge in [-0.1, -0.05) is 6.92 Å². The summed E-state index contributed by atoms with van der Waals surface area (Å²) in [4.78, 5) is 2.81. The fourth-order valence-electron chi connectivity index (χ4n) is 2.63. The molecule has 2 nitrogen and oxygen atoms in total. The standard InChI is InChI=1S/C15H24BrNOS/c1-3-17-14(15-10-13(16)11(2)19-15)8-7-12-6-4-5-9-18-12/h10,12,14,17H,3-9H2,1-2H3. The van der Waals surface area contributed by atoms with E-state index in [2.05, 4.69) is 41.2 Å². The van der Waals surface area contributed by atoms with Crippen molar-refractivity contribution in [1.29, 1.82) is 0 Å². The van der Waals surface area contributed by atoms with E-state index in [1.807, 2.05) is 11.3 Å². The van der Waals surface area contributed by atoms with Gasteiger partial charge in [0.2, 0.25) is 0 Å². The van der Waals surface area contributed by atoms with Crippen LogP contribution in [0.15, 0.2) is 10.5 Å². The number of hydrogen-bond acceptors (Lipinski definition) is 3. The van der Waals surface area contributed by atoms with E-state index in [1.165, 1.54) is 46.3 Å². The molecular formula is C15H24BrNOS. The van der Waals surface area contributed by atoms with E-state index in [0.29, 0.717) is 12.1 Å². The van der Waals surface area contributed by atoms with Crippen LogP contribution in [0.25, 0.3) is 0 Å². The zero-order valence-electron chi connectivity index (χ0n) is 11.9. The van der Waals surface area contributed by atoms with Gasteiger partial charge in [-0.2, -0.15) is 0 Å². The van der Waals surface area contributed by atoms with Crippen molar-refractivity contribution in [2.24, 2.45) is 0 Å². The third-order valence-electron chi connectivity index (χ3n) is 3.72. The third-order valence-corrected chi connectivity index (χ3v) is 5.97. The number of aryl methyl sites for hydroxylation is 1. The average molecular weight is 346 g/mol. The van der Waals surface area contributed by atoms with Crippen molar-refractivity contribution in [1.82, 2.24) is 5.32 Å². The van der Waals surface area contributed by atoms with Crippen LogP contribution in [0.2, 0.25) is 0 Å². The highest BCUT2D eigenvalue weighted by molar-refractivity contribution is 9.10. The molecule has 19 heavy (non-hydrogen) atoms. The number of halogens is 1. The summed E-state index contributed by atoms with van der Waals surface area (Å²) in [6, 6.07) is 2.75. The minimum absolute atomic E-state index is 0.477. The van der Waals surface area contributed by atoms with Crippen LogP contribution in [-0.4, -0.2) is 19.3 Å². The van der Waals surface area contributed by atoms with E-state index in [0.717, 1.165) is 13.2 Å². The Bertz CT molecular complexity index is 368. The molecule has 2 unspecified atom stereocenters. The molecule has 1 N–H and O–H groups in total. The molecule has 108 valence electrons. The molecule has 4 heteroatoms. The van der Waals surface area contributed by atoms with Crippen LogP contribution in [0.4, 0.5) is 0 Å². The Labute approximate surface area is 129 Å². The van der Waals surface area contributed by atoms with E-state index in [9.17, 15) is 0 Å². The fourth-order valence-corrected chi connectivity index (χ4v) is 4.30. The van der Waals surface area contributed by atoms with Crippen molar-refractivity contribution in [2.45, 2.75) is 58.1 Å². The highest BCUT2D eigenvalue weighted by atomic mass is 79.9. The first-order valence-corrected chi connectivity index (χ1v) is 8.92. The summed E-state index contributed by atoms with van der Waals surface area (Å²) in [5, 5.41) is 3.61. The molecule has 0 radical (unpaired) electrons. The zero-order valence-corrected chi connectivity index (χ0v) is 14.3. The minimum atomic E-state index is 0.477. The lowest BCUT2D eigenvalue weighted by Crippen LogP contribution is -2.24. The molecular weight excluding hydrogens is 322 g/mol. The Hall–Kier alpha value is 0.1000. The first-order chi connectivity index (χ1) is 9.20. The molecule has 1 aliphatic rings. The topological polar surface area (TPSA) is 21.3 Å². The van der Waals surface area contributed by atoms with Gasteiger partial charge in [0.25, 0.3) is 0 Å². The highest BCUT2D eigenvalue weighted by Gasteiger charge is 2.19. The van der Waals surface area contributed by atoms with Crippen LogP contribution in [0.1, 0.15) is 54.8 Å². The van der Waals surface area contributed by atoms with Crippen molar-refractivity contribution in [2.75, 3.05) is 13.2 Å². The van der Waals surface area contributed by atoms with Gasteiger partial charge < -0.3 is 10.1 Å². The summed E-state index contributed by atoms with van der Waals surface area (Å²) in [5.74, 6) is 0. The van der Waals surface area contributed by atoms with E-state index in [-0.39, 0.29) is 0 Å². The summed E-state index contributed by atoms with van der Waals surface area (Å²) in [7, 11) is 0. The quantitative estimate of drug-likeness (QED) is 0.797. The van der Waals surface area contributed by atoms with Gasteiger partial charge in [0, 0.05) is 26.9 Å². The molecule has 1 aromatic heterocycles. The molecule has 2 rings (SSSR count). The van der Waals surface area contributed by atoms with Crippen molar-refractivity contribution in [3.05, 3.63) is 20.3 Å². The van der Waals surface area contributed by atoms with E-state index < -0.39 is 0 Å². The summed E-state index contributed by atoms with van der Waals surface area (Å²) in [5.41, 5.74) is 0. The SMILES string of the molecule is CCNC(CCC1CCCCO1)c1cc(Br)c(C)s1. The Morgan fingerprint density at radius 2 is 2.37 bits per heavy atom. The van der Waals surface area contributed by atoms with Crippen molar-refractivity contribution < 1.29 is 4.74 Å². The van der Waals surface area contributed by atoms with E-state index >= 15 is 0 Å². The maximum Gasteiger partial charge on any atom is 0.0575 e. The Morgan fingerprint density at radius 3 is 2.95 bits per heavy atom. The monoisotopic (exact) mass is 345 g/mol. The van der Waals surface area contributed by atoms with Gasteiger partial charge in [-0.15, -0.1) is 11.3 Å². The lowest BCUT2D eigenvalue weighted by molar-refractivity contribution is 0.00862. The van der Waals surface area contributed by atoms with Crippen molar-refractivity contribution in [3.8, 4) is 0 Å². The Kier molecular flexibility index (Phi) is 6.33. The van der Waals surface area contributed by atoms with E-state index in [1.54, 1.807) is 0 Å². The molecule has 0 spiro atoms. The number of nitrogens with one attached hydrogen (secondary N) is 1. The number of hydrogen-bond donors (Lipinski definition) is 1. The van der Waals surface area contributed by atoms with Crippen LogP contribution in [0, 0.1) is 6.92 Å². The molecule has 0 aliphatic carbocycles. The highest BCUT2D eigenvalue weighted by Crippen LogP contribution is 2.33. The molecule has 2 heterocycles. The zero-order chi connectivity index (χ0) is 13.7. The van der Waals surface area contributed by atoms with Crippen molar-refractivity contribution in [3.63, 3.8) is 0 Å². The Morgan fingerprint density at radius 1 is 1.53 bits per heavy atom. The van der Waals surface area contributed by atoms with Gasteiger partial charge >= 0.3 is 0 Å². The molecule has 1 aliphatic heterocycles. The Balaban J connectivity index is 1.91. The van der Waals surface area contributed by atoms with Crippen LogP contribution >= 0.6 is 27.3 Å². The van der Waals surface area contributed by atoms with E-state index in [4.69, 9.17) is 4.74 Å². The summed E-state index contributed by atoms with van der Waals surface area (Å²) < 4.78 is 7.08. The molecule has 1 saturated heterocycles. The molecule has 0 bridgehead atoms. The average Bonchev–Trinajstić information content (AvgIpc) is 2.76. The second-order valence-electron chi connectivity index (χ2n) is 5.23. The lowest BCUT2D eigenvalue weighted by Gasteiger charge is -2.25. The smallest absolute Gasteiger partial charge is 0.0575 e. The predicted molar refractivity (Wildman–Crippen MR) is 86.0 cm³/mol. The predicted octanol–water partition coefficient (Wildman–Crippen LogP) is 4.82. The maximum absolute atomic E-state index is 5.84. The normalized spacial score (nSPS) is 21.5. The number of ether oxygens (including phenoxy) is 1. The van der Waals surface area contributed by atoms with Gasteiger partial charge in [-0.05, 0) is 67.6 Å². The maximum atomic E-state index is 5.84. The molecule has 1 fully saturated rings. The lowest BCUT2D eigenvalue weighted by atomic mass is 10.0. The van der Waals surface area contributed by atoms with Crippen LogP contribution in [0.5, 0.6) is 0 Å². The molecule has 0 saturated carbocycles. The fraction of sp³-hybridized carbons (Fsp3) is 0.733. The second kappa shape index (κ2) is 7.77. The summed E-state index contributed by atoms with van der Waals surface area (Å²) in [6.45, 7) is 6.33. The molecule has 0 aromatic carbocycles. The van der Waals surface area contributed by atoms with Crippen LogP contribution < -0.4 is 5.32 Å². The van der Waals surface area contributed by atoms with Crippen LogP contribution in [0.3, 0.4) is 0 Å². The molecule has 2 atom stereocenters. The van der Waals surface area contributed by atoms with Gasteiger partial charge in [0.15, 0.2) is 0 Å². The molecule has 1 aromatic rings. The number of thiophene rings is 1. The largest absolute Gasteiger partial charge is 0.378 e. The summed E-state index contributed by atoms with van der Waals surface area (Å²) in [6.07, 6.45) is 6.65. The molecule has 0 amide bonds.